The Balaban J connectivity index is 2.75. The van der Waals surface area contributed by atoms with Gasteiger partial charge in [-0.15, -0.1) is 0 Å². The SMILES string of the molecule is CC([Si]Cl)[Si]Cl. The van der Waals surface area contributed by atoms with Gasteiger partial charge >= 0.3 is 0 Å². The van der Waals surface area contributed by atoms with Gasteiger partial charge in [-0.1, -0.05) is 6.92 Å². The standard InChI is InChI=1S/C2H4Cl2Si2/c1-2(5-3)6-4/h2H,1H3. The smallest absolute Gasteiger partial charge is 0.171 e. The van der Waals surface area contributed by atoms with Crippen LogP contribution in [0.25, 0.3) is 0 Å². The van der Waals surface area contributed by atoms with Crippen LogP contribution >= 0.6 is 22.2 Å². The molecule has 34 valence electrons. The van der Waals surface area contributed by atoms with E-state index in [9.17, 15) is 0 Å². The minimum Gasteiger partial charge on any atom is -0.171 e. The van der Waals surface area contributed by atoms with Crippen LogP contribution in [0.1, 0.15) is 6.92 Å². The second-order valence-corrected chi connectivity index (χ2v) is 5.00. The van der Waals surface area contributed by atoms with Crippen molar-refractivity contribution < 1.29 is 0 Å². The van der Waals surface area contributed by atoms with Crippen LogP contribution in [0.3, 0.4) is 0 Å². The molecule has 4 radical (unpaired) electrons. The summed E-state index contributed by atoms with van der Waals surface area (Å²) in [4.78, 5) is 0. The Hall–Kier alpha value is 1.01. The average Bonchev–Trinajstić information content (AvgIpc) is 1.65. The second-order valence-electron chi connectivity index (χ2n) is 0.940. The fourth-order valence-corrected chi connectivity index (χ4v) is 1.67. The van der Waals surface area contributed by atoms with Gasteiger partial charge in [0.05, 0.1) is 0 Å². The highest BCUT2D eigenvalue weighted by atomic mass is 35.6. The van der Waals surface area contributed by atoms with Crippen molar-refractivity contribution in [2.75, 3.05) is 0 Å². The Labute approximate surface area is 52.3 Å². The monoisotopic (exact) mass is 154 g/mol. The van der Waals surface area contributed by atoms with E-state index >= 15 is 0 Å². The molecule has 0 aliphatic rings. The highest BCUT2D eigenvalue weighted by Crippen LogP contribution is 2.00. The molecular formula is C2H4Cl2Si2. The lowest BCUT2D eigenvalue weighted by atomic mass is 11.0. The molecule has 0 bridgehead atoms. The molecule has 0 aliphatic carbocycles. The van der Waals surface area contributed by atoms with Gasteiger partial charge in [-0.2, -0.15) is 22.2 Å². The van der Waals surface area contributed by atoms with Crippen molar-refractivity contribution in [3.8, 4) is 0 Å². The summed E-state index contributed by atoms with van der Waals surface area (Å²) in [7, 11) is 0.968. The van der Waals surface area contributed by atoms with Crippen LogP contribution in [0.15, 0.2) is 0 Å². The van der Waals surface area contributed by atoms with Crippen molar-refractivity contribution in [3.05, 3.63) is 0 Å². The molecule has 4 heteroatoms. The van der Waals surface area contributed by atoms with Crippen LogP contribution in [-0.2, 0) is 0 Å². The third-order valence-corrected chi connectivity index (χ3v) is 4.91. The Kier molecular flexibility index (Phi) is 4.89. The summed E-state index contributed by atoms with van der Waals surface area (Å²) in [5, 5.41) is 0.522. The maximum absolute atomic E-state index is 5.40. The maximum atomic E-state index is 5.40. The maximum Gasteiger partial charge on any atom is 0.172 e. The highest BCUT2D eigenvalue weighted by molar-refractivity contribution is 7.07. The summed E-state index contributed by atoms with van der Waals surface area (Å²) in [6, 6.07) is 0. The van der Waals surface area contributed by atoms with Crippen LogP contribution < -0.4 is 0 Å². The lowest BCUT2D eigenvalue weighted by molar-refractivity contribution is 1.35. The highest BCUT2D eigenvalue weighted by Gasteiger charge is 1.97. The number of hydrogen-bond donors (Lipinski definition) is 0. The zero-order valence-electron chi connectivity index (χ0n) is 3.33. The number of rotatable bonds is 2. The molecule has 0 N–H and O–H groups in total. The van der Waals surface area contributed by atoms with E-state index in [4.69, 9.17) is 22.2 Å². The first-order valence-corrected chi connectivity index (χ1v) is 5.71. The fourth-order valence-electron chi connectivity index (χ4n) is 0.0206. The van der Waals surface area contributed by atoms with Gasteiger partial charge in [0, 0.05) is 0 Å². The van der Waals surface area contributed by atoms with Crippen molar-refractivity contribution in [1.82, 2.24) is 0 Å². The Morgan fingerprint density at radius 2 is 1.67 bits per heavy atom. The van der Waals surface area contributed by atoms with E-state index < -0.39 is 0 Å². The van der Waals surface area contributed by atoms with Crippen molar-refractivity contribution in [2.24, 2.45) is 0 Å². The Morgan fingerprint density at radius 1 is 1.33 bits per heavy atom. The molecule has 0 aliphatic heterocycles. The molecular weight excluding hydrogens is 151 g/mol. The fraction of sp³-hybridized carbons (Fsp3) is 1.00. The van der Waals surface area contributed by atoms with Crippen molar-refractivity contribution in [3.63, 3.8) is 0 Å². The van der Waals surface area contributed by atoms with Crippen molar-refractivity contribution in [1.29, 1.82) is 0 Å². The molecule has 0 aromatic rings. The molecule has 0 saturated heterocycles. The topological polar surface area (TPSA) is 0 Å². The van der Waals surface area contributed by atoms with Gasteiger partial charge in [0.1, 0.15) is 0 Å². The minimum atomic E-state index is 0.484. The van der Waals surface area contributed by atoms with Gasteiger partial charge < -0.3 is 0 Å². The molecule has 6 heavy (non-hydrogen) atoms. The van der Waals surface area contributed by atoms with Crippen LogP contribution in [0, 0.1) is 0 Å². The first kappa shape index (κ1) is 7.01. The van der Waals surface area contributed by atoms with Gasteiger partial charge in [-0.25, -0.2) is 0 Å². The third-order valence-electron chi connectivity index (χ3n) is 0.327. The zero-order valence-corrected chi connectivity index (χ0v) is 6.85. The predicted octanol–water partition coefficient (Wildman–Crippen LogP) is 1.47. The molecule has 0 atom stereocenters. The van der Waals surface area contributed by atoms with Gasteiger partial charge in [0.25, 0.3) is 0 Å². The third kappa shape index (κ3) is 3.21. The summed E-state index contributed by atoms with van der Waals surface area (Å²) >= 11 is 10.8. The summed E-state index contributed by atoms with van der Waals surface area (Å²) in [6.07, 6.45) is 0. The summed E-state index contributed by atoms with van der Waals surface area (Å²) in [6.45, 7) is 2.04. The predicted molar refractivity (Wildman–Crippen MR) is 32.6 cm³/mol. The van der Waals surface area contributed by atoms with Gasteiger partial charge in [0.2, 0.25) is 0 Å². The summed E-state index contributed by atoms with van der Waals surface area (Å²) in [5.74, 6) is 0. The molecule has 0 saturated carbocycles. The molecule has 0 fully saturated rings. The van der Waals surface area contributed by atoms with E-state index in [2.05, 4.69) is 0 Å². The van der Waals surface area contributed by atoms with Crippen LogP contribution in [0.2, 0.25) is 5.16 Å². The van der Waals surface area contributed by atoms with Crippen molar-refractivity contribution in [2.45, 2.75) is 12.1 Å². The summed E-state index contributed by atoms with van der Waals surface area (Å²) in [5.41, 5.74) is 0. The van der Waals surface area contributed by atoms with Crippen molar-refractivity contribution >= 4 is 39.8 Å². The number of halogens is 2. The van der Waals surface area contributed by atoms with Gasteiger partial charge in [-0.05, 0) is 5.16 Å². The molecule has 0 rings (SSSR count). The van der Waals surface area contributed by atoms with E-state index in [1.54, 1.807) is 0 Å². The van der Waals surface area contributed by atoms with Crippen LogP contribution in [0.5, 0.6) is 0 Å². The lowest BCUT2D eigenvalue weighted by Crippen LogP contribution is -1.95. The Morgan fingerprint density at radius 3 is 1.67 bits per heavy atom. The first-order valence-electron chi connectivity index (χ1n) is 1.53. The van der Waals surface area contributed by atoms with E-state index in [0.717, 1.165) is 0 Å². The van der Waals surface area contributed by atoms with Crippen LogP contribution in [-0.4, -0.2) is 17.7 Å². The molecule has 0 heterocycles. The molecule has 0 aromatic heterocycles. The number of hydrogen-bond acceptors (Lipinski definition) is 0. The quantitative estimate of drug-likeness (QED) is 0.418. The molecule has 0 unspecified atom stereocenters. The minimum absolute atomic E-state index is 0.484. The lowest BCUT2D eigenvalue weighted by Gasteiger charge is -1.90. The van der Waals surface area contributed by atoms with Gasteiger partial charge in [-0.3, -0.25) is 0 Å². The normalized spacial score (nSPS) is 10.0. The molecule has 0 amide bonds. The average molecular weight is 155 g/mol. The van der Waals surface area contributed by atoms with E-state index in [1.807, 2.05) is 6.92 Å². The van der Waals surface area contributed by atoms with E-state index in [0.29, 0.717) is 22.8 Å². The van der Waals surface area contributed by atoms with E-state index in [1.165, 1.54) is 0 Å². The second kappa shape index (κ2) is 4.18. The Bertz CT molecular complexity index is 28.7. The van der Waals surface area contributed by atoms with Gasteiger partial charge in [0.15, 0.2) is 17.7 Å². The largest absolute Gasteiger partial charge is 0.172 e. The molecule has 0 nitrogen and oxygen atoms in total. The van der Waals surface area contributed by atoms with E-state index in [-0.39, 0.29) is 0 Å². The zero-order chi connectivity index (χ0) is 4.99. The van der Waals surface area contributed by atoms with Crippen LogP contribution in [0.4, 0.5) is 0 Å². The molecule has 0 aromatic carbocycles. The first-order chi connectivity index (χ1) is 2.81. The summed E-state index contributed by atoms with van der Waals surface area (Å²) < 4.78 is 0. The molecule has 0 spiro atoms.